The quantitative estimate of drug-likeness (QED) is 0.410. The Morgan fingerprint density at radius 3 is 3.15 bits per heavy atom. The van der Waals surface area contributed by atoms with Gasteiger partial charge < -0.3 is 9.52 Å². The summed E-state index contributed by atoms with van der Waals surface area (Å²) in [4.78, 5) is 13.9. The molecule has 20 heavy (non-hydrogen) atoms. The van der Waals surface area contributed by atoms with E-state index in [-0.39, 0.29) is 12.5 Å². The largest absolute Gasteiger partial charge is 0.464 e. The van der Waals surface area contributed by atoms with E-state index in [2.05, 4.69) is 10.3 Å². The molecule has 1 atom stereocenters. The van der Waals surface area contributed by atoms with Crippen LogP contribution in [0.2, 0.25) is 0 Å². The number of rotatable bonds is 6. The molecule has 1 aromatic rings. The first-order valence-electron chi connectivity index (χ1n) is 7.11. The maximum absolute atomic E-state index is 11.6. The molecular formula is C14H23N3O3. The average Bonchev–Trinajstić information content (AvgIpc) is 3.03. The summed E-state index contributed by atoms with van der Waals surface area (Å²) in [5.41, 5.74) is 2.62. The van der Waals surface area contributed by atoms with Crippen molar-refractivity contribution in [2.45, 2.75) is 45.2 Å². The highest BCUT2D eigenvalue weighted by Gasteiger charge is 2.25. The van der Waals surface area contributed by atoms with Gasteiger partial charge in [0.15, 0.2) is 0 Å². The maximum atomic E-state index is 11.6. The van der Waals surface area contributed by atoms with Crippen LogP contribution in [-0.2, 0) is 6.54 Å². The van der Waals surface area contributed by atoms with Crippen molar-refractivity contribution in [1.82, 2.24) is 10.3 Å². The lowest BCUT2D eigenvalue weighted by molar-refractivity contribution is 0.0952. The minimum atomic E-state index is -0.323. The molecule has 1 aliphatic heterocycles. The van der Waals surface area contributed by atoms with Crippen LogP contribution in [0.4, 0.5) is 0 Å². The average molecular weight is 281 g/mol. The van der Waals surface area contributed by atoms with Crippen LogP contribution in [0.5, 0.6) is 0 Å². The summed E-state index contributed by atoms with van der Waals surface area (Å²) in [6, 6.07) is 2.26. The minimum absolute atomic E-state index is 0.241. The number of nitrogens with zero attached hydrogens (tertiary/aromatic N) is 1. The van der Waals surface area contributed by atoms with E-state index in [1.165, 1.54) is 6.42 Å². The maximum Gasteiger partial charge on any atom is 0.268 e. The number of likely N-dealkylation sites (tertiary alicyclic amines) is 1. The molecule has 112 valence electrons. The van der Waals surface area contributed by atoms with E-state index in [0.717, 1.165) is 31.6 Å². The Bertz CT molecular complexity index is 459. The Morgan fingerprint density at radius 1 is 1.65 bits per heavy atom. The SMILES string of the molecule is Cc1oc(CN2CCCC2CCCO)cc1C(=O)NN. The first-order chi connectivity index (χ1) is 9.65. The van der Waals surface area contributed by atoms with Gasteiger partial charge in [-0.3, -0.25) is 15.1 Å². The number of carbonyl (C=O) groups is 1. The van der Waals surface area contributed by atoms with E-state index in [1.54, 1.807) is 13.0 Å². The van der Waals surface area contributed by atoms with Crippen LogP contribution in [0.25, 0.3) is 0 Å². The van der Waals surface area contributed by atoms with Crippen LogP contribution in [0.3, 0.4) is 0 Å². The zero-order valence-electron chi connectivity index (χ0n) is 11.9. The van der Waals surface area contributed by atoms with E-state index in [1.807, 2.05) is 0 Å². The Kier molecular flexibility index (Phi) is 5.17. The molecule has 6 nitrogen and oxygen atoms in total. The molecule has 1 aliphatic rings. The third kappa shape index (κ3) is 3.39. The third-order valence-electron chi connectivity index (χ3n) is 3.90. The summed E-state index contributed by atoms with van der Waals surface area (Å²) < 4.78 is 5.64. The highest BCUT2D eigenvalue weighted by Crippen LogP contribution is 2.25. The Balaban J connectivity index is 2.00. The fraction of sp³-hybridized carbons (Fsp3) is 0.643. The fourth-order valence-electron chi connectivity index (χ4n) is 2.88. The van der Waals surface area contributed by atoms with Gasteiger partial charge in [0.25, 0.3) is 5.91 Å². The number of hydrazine groups is 1. The molecule has 6 heteroatoms. The molecule has 1 aromatic heterocycles. The number of carbonyl (C=O) groups excluding carboxylic acids is 1. The number of furan rings is 1. The van der Waals surface area contributed by atoms with Crippen molar-refractivity contribution < 1.29 is 14.3 Å². The second kappa shape index (κ2) is 6.88. The third-order valence-corrected chi connectivity index (χ3v) is 3.90. The predicted octanol–water partition coefficient (Wildman–Crippen LogP) is 0.928. The van der Waals surface area contributed by atoms with Gasteiger partial charge in [-0.05, 0) is 45.2 Å². The van der Waals surface area contributed by atoms with Crippen molar-refractivity contribution in [3.8, 4) is 0 Å². The normalized spacial score (nSPS) is 19.4. The van der Waals surface area contributed by atoms with E-state index in [4.69, 9.17) is 15.4 Å². The Labute approximate surface area is 118 Å². The molecule has 0 saturated carbocycles. The number of nitrogen functional groups attached to an aromatic ring is 1. The standard InChI is InChI=1S/C14H23N3O3/c1-10-13(14(19)16-15)8-12(20-10)9-17-6-2-4-11(17)5-3-7-18/h8,11,18H,2-7,9,15H2,1H3,(H,16,19). The molecule has 2 rings (SSSR count). The summed E-state index contributed by atoms with van der Waals surface area (Å²) >= 11 is 0. The number of nitrogens with two attached hydrogens (primary N) is 1. The molecular weight excluding hydrogens is 258 g/mol. The smallest absolute Gasteiger partial charge is 0.268 e. The predicted molar refractivity (Wildman–Crippen MR) is 74.9 cm³/mol. The molecule has 4 N–H and O–H groups in total. The Hall–Kier alpha value is -1.37. The van der Waals surface area contributed by atoms with Gasteiger partial charge in [0.05, 0.1) is 12.1 Å². The van der Waals surface area contributed by atoms with E-state index >= 15 is 0 Å². The van der Waals surface area contributed by atoms with Gasteiger partial charge >= 0.3 is 0 Å². The summed E-state index contributed by atoms with van der Waals surface area (Å²) in [6.07, 6.45) is 4.17. The van der Waals surface area contributed by atoms with Gasteiger partial charge in [-0.2, -0.15) is 0 Å². The van der Waals surface area contributed by atoms with Gasteiger partial charge in [0.1, 0.15) is 11.5 Å². The van der Waals surface area contributed by atoms with Gasteiger partial charge in [-0.15, -0.1) is 0 Å². The van der Waals surface area contributed by atoms with Gasteiger partial charge in [-0.25, -0.2) is 5.84 Å². The lowest BCUT2D eigenvalue weighted by atomic mass is 10.1. The number of hydrogen-bond donors (Lipinski definition) is 3. The van der Waals surface area contributed by atoms with Crippen LogP contribution in [0, 0.1) is 6.92 Å². The summed E-state index contributed by atoms with van der Waals surface area (Å²) in [5, 5.41) is 8.94. The number of aliphatic hydroxyl groups is 1. The van der Waals surface area contributed by atoms with Gasteiger partial charge in [0, 0.05) is 12.6 Å². The highest BCUT2D eigenvalue weighted by molar-refractivity contribution is 5.94. The second-order valence-corrected chi connectivity index (χ2v) is 5.29. The van der Waals surface area contributed by atoms with Gasteiger partial charge in [0.2, 0.25) is 0 Å². The van der Waals surface area contributed by atoms with Crippen molar-refractivity contribution in [1.29, 1.82) is 0 Å². The first-order valence-corrected chi connectivity index (χ1v) is 7.11. The van der Waals surface area contributed by atoms with Crippen molar-refractivity contribution in [2.75, 3.05) is 13.2 Å². The van der Waals surface area contributed by atoms with Gasteiger partial charge in [-0.1, -0.05) is 0 Å². The topological polar surface area (TPSA) is 91.7 Å². The van der Waals surface area contributed by atoms with Crippen molar-refractivity contribution in [3.63, 3.8) is 0 Å². The fourth-order valence-corrected chi connectivity index (χ4v) is 2.88. The lowest BCUT2D eigenvalue weighted by Gasteiger charge is -2.23. The number of aryl methyl sites for hydroxylation is 1. The molecule has 1 saturated heterocycles. The van der Waals surface area contributed by atoms with Crippen molar-refractivity contribution >= 4 is 5.91 Å². The molecule has 2 heterocycles. The number of hydrogen-bond acceptors (Lipinski definition) is 5. The van der Waals surface area contributed by atoms with Crippen molar-refractivity contribution in [2.24, 2.45) is 5.84 Å². The molecule has 1 unspecified atom stereocenters. The van der Waals surface area contributed by atoms with Crippen LogP contribution in [-0.4, -0.2) is 35.1 Å². The zero-order chi connectivity index (χ0) is 14.5. The van der Waals surface area contributed by atoms with Crippen LogP contribution in [0.1, 0.15) is 47.6 Å². The van der Waals surface area contributed by atoms with E-state index in [9.17, 15) is 4.79 Å². The molecule has 0 aliphatic carbocycles. The lowest BCUT2D eigenvalue weighted by Crippen LogP contribution is -2.30. The molecule has 1 fully saturated rings. The monoisotopic (exact) mass is 281 g/mol. The number of aliphatic hydroxyl groups excluding tert-OH is 1. The van der Waals surface area contributed by atoms with E-state index in [0.29, 0.717) is 23.9 Å². The molecule has 1 amide bonds. The van der Waals surface area contributed by atoms with Crippen LogP contribution >= 0.6 is 0 Å². The summed E-state index contributed by atoms with van der Waals surface area (Å²) in [7, 11) is 0. The minimum Gasteiger partial charge on any atom is -0.464 e. The molecule has 0 aromatic carbocycles. The number of amides is 1. The first kappa shape index (κ1) is 15.0. The highest BCUT2D eigenvalue weighted by atomic mass is 16.3. The molecule has 0 spiro atoms. The van der Waals surface area contributed by atoms with Crippen LogP contribution < -0.4 is 11.3 Å². The number of nitrogens with one attached hydrogen (secondary N) is 1. The summed E-state index contributed by atoms with van der Waals surface area (Å²) in [6.45, 7) is 3.75. The molecule has 0 radical (unpaired) electrons. The zero-order valence-corrected chi connectivity index (χ0v) is 11.9. The van der Waals surface area contributed by atoms with E-state index < -0.39 is 0 Å². The van der Waals surface area contributed by atoms with Crippen molar-refractivity contribution in [3.05, 3.63) is 23.2 Å². The van der Waals surface area contributed by atoms with Crippen LogP contribution in [0.15, 0.2) is 10.5 Å². The Morgan fingerprint density at radius 2 is 2.45 bits per heavy atom. The second-order valence-electron chi connectivity index (χ2n) is 5.29. The summed E-state index contributed by atoms with van der Waals surface area (Å²) in [5.74, 6) is 6.20. The molecule has 0 bridgehead atoms.